The van der Waals surface area contributed by atoms with E-state index in [-0.39, 0.29) is 36.8 Å². The lowest BCUT2D eigenvalue weighted by molar-refractivity contribution is -0.137. The third-order valence-corrected chi connectivity index (χ3v) is 5.24. The Labute approximate surface area is 192 Å². The number of alkyl halides is 3. The summed E-state index contributed by atoms with van der Waals surface area (Å²) in [6.07, 6.45) is -2.56. The first-order chi connectivity index (χ1) is 16.2. The zero-order chi connectivity index (χ0) is 24.3. The number of carbonyl (C=O) groups is 1. The lowest BCUT2D eigenvalue weighted by Gasteiger charge is -2.07. The summed E-state index contributed by atoms with van der Waals surface area (Å²) in [5.74, 6) is 5.32. The van der Waals surface area contributed by atoms with E-state index in [0.29, 0.717) is 40.5 Å². The maximum Gasteiger partial charge on any atom is 0.416 e. The number of halogens is 3. The van der Waals surface area contributed by atoms with E-state index in [1.165, 1.54) is 18.5 Å². The second-order valence-corrected chi connectivity index (χ2v) is 7.78. The Bertz CT molecular complexity index is 1320. The van der Waals surface area contributed by atoms with Crippen molar-refractivity contribution in [3.63, 3.8) is 0 Å². The maximum atomic E-state index is 13.0. The van der Waals surface area contributed by atoms with Crippen molar-refractivity contribution in [1.29, 1.82) is 0 Å². The number of carbonyl (C=O) groups excluding carboxylic acids is 1. The second kappa shape index (κ2) is 9.57. The van der Waals surface area contributed by atoms with Gasteiger partial charge in [0, 0.05) is 37.3 Å². The van der Waals surface area contributed by atoms with Crippen LogP contribution in [0.4, 0.5) is 18.9 Å². The standard InChI is InChI=1S/C24H19F3N4O3/c1-14(8-22(33)20-11-17(28-13-29-20)4-2-3-7-32)19-12-23(34-31-19)21-10-15-9-16(24(25,26)27)5-6-18(15)30-21/h5-6,9,11-14,32H,3,7-8,10H2,1H3/t14-/m0/s1. The predicted molar refractivity (Wildman–Crippen MR) is 116 cm³/mol. The summed E-state index contributed by atoms with van der Waals surface area (Å²) < 4.78 is 44.3. The van der Waals surface area contributed by atoms with Gasteiger partial charge in [0.2, 0.25) is 0 Å². The highest BCUT2D eigenvalue weighted by molar-refractivity contribution is 6.04. The van der Waals surface area contributed by atoms with Gasteiger partial charge in [0.15, 0.2) is 11.5 Å². The first-order valence-corrected chi connectivity index (χ1v) is 10.4. The first kappa shape index (κ1) is 23.3. The van der Waals surface area contributed by atoms with Crippen LogP contribution in [-0.4, -0.2) is 38.3 Å². The van der Waals surface area contributed by atoms with Crippen LogP contribution >= 0.6 is 0 Å². The molecule has 1 aliphatic heterocycles. The number of rotatable bonds is 6. The molecule has 2 aromatic heterocycles. The second-order valence-electron chi connectivity index (χ2n) is 7.78. The first-order valence-electron chi connectivity index (χ1n) is 10.4. The fraction of sp³-hybridized carbons (Fsp3) is 0.292. The molecule has 3 aromatic rings. The topological polar surface area (TPSA) is 101 Å². The average molecular weight is 468 g/mol. The highest BCUT2D eigenvalue weighted by atomic mass is 19.4. The monoisotopic (exact) mass is 468 g/mol. The van der Waals surface area contributed by atoms with Gasteiger partial charge < -0.3 is 9.63 Å². The molecule has 1 aliphatic rings. The highest BCUT2D eigenvalue weighted by Crippen LogP contribution is 2.36. The van der Waals surface area contributed by atoms with Crippen LogP contribution in [0.5, 0.6) is 0 Å². The van der Waals surface area contributed by atoms with Gasteiger partial charge >= 0.3 is 6.18 Å². The molecule has 174 valence electrons. The third-order valence-electron chi connectivity index (χ3n) is 5.24. The summed E-state index contributed by atoms with van der Waals surface area (Å²) in [5, 5.41) is 12.8. The number of Topliss-reactive ketones (excluding diaryl/α,β-unsaturated/α-hetero) is 1. The van der Waals surface area contributed by atoms with Crippen molar-refractivity contribution in [2.24, 2.45) is 4.99 Å². The van der Waals surface area contributed by atoms with Gasteiger partial charge in [0.25, 0.3) is 0 Å². The Hall–Kier alpha value is -3.84. The van der Waals surface area contributed by atoms with Crippen LogP contribution in [0.1, 0.15) is 64.4 Å². The highest BCUT2D eigenvalue weighted by Gasteiger charge is 2.32. The van der Waals surface area contributed by atoms with Crippen molar-refractivity contribution in [1.82, 2.24) is 15.1 Å². The molecule has 0 amide bonds. The van der Waals surface area contributed by atoms with Gasteiger partial charge in [-0.2, -0.15) is 13.2 Å². The van der Waals surface area contributed by atoms with Crippen molar-refractivity contribution < 1.29 is 27.6 Å². The number of nitrogens with zero attached hydrogens (tertiary/aromatic N) is 4. The molecule has 34 heavy (non-hydrogen) atoms. The van der Waals surface area contributed by atoms with Crippen LogP contribution in [-0.2, 0) is 12.6 Å². The number of aromatic nitrogens is 3. The quantitative estimate of drug-likeness (QED) is 0.428. The molecule has 3 heterocycles. The number of hydrogen-bond acceptors (Lipinski definition) is 7. The molecule has 1 atom stereocenters. The van der Waals surface area contributed by atoms with E-state index >= 15 is 0 Å². The number of benzene rings is 1. The minimum atomic E-state index is -4.42. The average Bonchev–Trinajstić information content (AvgIpc) is 3.45. The van der Waals surface area contributed by atoms with Crippen LogP contribution in [0.3, 0.4) is 0 Å². The van der Waals surface area contributed by atoms with Gasteiger partial charge in [-0.05, 0) is 29.7 Å². The van der Waals surface area contributed by atoms with E-state index < -0.39 is 11.7 Å². The maximum absolute atomic E-state index is 13.0. The molecular weight excluding hydrogens is 449 g/mol. The van der Waals surface area contributed by atoms with Crippen molar-refractivity contribution in [2.45, 2.75) is 38.3 Å². The number of fused-ring (bicyclic) bond motifs is 1. The van der Waals surface area contributed by atoms with Gasteiger partial charge in [-0.3, -0.25) is 4.79 Å². The lowest BCUT2D eigenvalue weighted by Crippen LogP contribution is -2.08. The van der Waals surface area contributed by atoms with Crippen LogP contribution in [0.25, 0.3) is 0 Å². The molecule has 7 nitrogen and oxygen atoms in total. The van der Waals surface area contributed by atoms with Crippen molar-refractivity contribution in [2.75, 3.05) is 6.61 Å². The van der Waals surface area contributed by atoms with Crippen LogP contribution in [0.15, 0.2) is 46.2 Å². The lowest BCUT2D eigenvalue weighted by atomic mass is 9.98. The Morgan fingerprint density at radius 3 is 2.82 bits per heavy atom. The summed E-state index contributed by atoms with van der Waals surface area (Å²) >= 11 is 0. The number of aliphatic hydroxyl groups excluding tert-OH is 1. The Kier molecular flexibility index (Phi) is 6.56. The molecule has 1 aromatic carbocycles. The van der Waals surface area contributed by atoms with E-state index in [0.717, 1.165) is 12.1 Å². The summed E-state index contributed by atoms with van der Waals surface area (Å²) in [7, 11) is 0. The van der Waals surface area contributed by atoms with E-state index in [4.69, 9.17) is 9.63 Å². The van der Waals surface area contributed by atoms with E-state index in [2.05, 4.69) is 32.0 Å². The molecule has 0 aliphatic carbocycles. The molecule has 0 spiro atoms. The Morgan fingerprint density at radius 1 is 1.24 bits per heavy atom. The number of aliphatic imine (C=N–C) groups is 1. The smallest absolute Gasteiger partial charge is 0.395 e. The summed E-state index contributed by atoms with van der Waals surface area (Å²) in [4.78, 5) is 25.1. The molecule has 4 rings (SSSR count). The van der Waals surface area contributed by atoms with Crippen LogP contribution < -0.4 is 0 Å². The molecule has 10 heteroatoms. The molecule has 0 saturated heterocycles. The zero-order valence-electron chi connectivity index (χ0n) is 18.1. The van der Waals surface area contributed by atoms with Crippen LogP contribution in [0, 0.1) is 11.8 Å². The van der Waals surface area contributed by atoms with E-state index in [1.54, 1.807) is 6.07 Å². The molecule has 0 unspecified atom stereocenters. The Morgan fingerprint density at radius 2 is 2.06 bits per heavy atom. The van der Waals surface area contributed by atoms with E-state index in [9.17, 15) is 18.0 Å². The van der Waals surface area contributed by atoms with E-state index in [1.807, 2.05) is 6.92 Å². The van der Waals surface area contributed by atoms with Gasteiger partial charge in [0.1, 0.15) is 17.7 Å². The normalized spacial score (nSPS) is 13.6. The largest absolute Gasteiger partial charge is 0.416 e. The SMILES string of the molecule is C[C@@H](CC(=O)c1cc(C#CCCO)ncn1)c1cc(C2=Nc3ccc(C(F)(F)F)cc3C2)on1. The summed E-state index contributed by atoms with van der Waals surface area (Å²) in [5.41, 5.74) is 1.81. The fourth-order valence-corrected chi connectivity index (χ4v) is 3.45. The van der Waals surface area contributed by atoms with Crippen molar-refractivity contribution in [3.8, 4) is 11.8 Å². The zero-order valence-corrected chi connectivity index (χ0v) is 18.1. The molecule has 1 N–H and O–H groups in total. The van der Waals surface area contributed by atoms with Crippen LogP contribution in [0.2, 0.25) is 0 Å². The van der Waals surface area contributed by atoms with Crippen molar-refractivity contribution in [3.05, 3.63) is 70.6 Å². The van der Waals surface area contributed by atoms with Crippen molar-refractivity contribution >= 4 is 17.2 Å². The molecule has 0 fully saturated rings. The number of ketones is 1. The molecule has 0 radical (unpaired) electrons. The van der Waals surface area contributed by atoms with Gasteiger partial charge in [-0.15, -0.1) is 0 Å². The summed E-state index contributed by atoms with van der Waals surface area (Å²) in [6.45, 7) is 1.75. The van der Waals surface area contributed by atoms with Gasteiger partial charge in [0.05, 0.1) is 29.3 Å². The molecule has 0 saturated carbocycles. The predicted octanol–water partition coefficient (Wildman–Crippen LogP) is 4.27. The summed E-state index contributed by atoms with van der Waals surface area (Å²) in [6, 6.07) is 6.58. The fourth-order valence-electron chi connectivity index (χ4n) is 3.45. The van der Waals surface area contributed by atoms with Gasteiger partial charge in [-0.25, -0.2) is 15.0 Å². The third kappa shape index (κ3) is 5.21. The minimum Gasteiger partial charge on any atom is -0.395 e. The number of aliphatic hydroxyl groups is 1. The molecule has 0 bridgehead atoms. The van der Waals surface area contributed by atoms with Gasteiger partial charge in [-0.1, -0.05) is 18.0 Å². The number of hydrogen-bond donors (Lipinski definition) is 1. The minimum absolute atomic E-state index is 0.0613. The Balaban J connectivity index is 1.43. The molecular formula is C24H19F3N4O3.